The van der Waals surface area contributed by atoms with Gasteiger partial charge < -0.3 is 10.2 Å². The summed E-state index contributed by atoms with van der Waals surface area (Å²) in [5.74, 6) is 1.15. The van der Waals surface area contributed by atoms with Crippen molar-refractivity contribution in [3.05, 3.63) is 28.3 Å². The predicted molar refractivity (Wildman–Crippen MR) is 104 cm³/mol. The van der Waals surface area contributed by atoms with Gasteiger partial charge in [0, 0.05) is 11.0 Å². The molecular formula is C23H36O2. The zero-order valence-electron chi connectivity index (χ0n) is 16.9. The van der Waals surface area contributed by atoms with Crippen LogP contribution >= 0.6 is 0 Å². The van der Waals surface area contributed by atoms with Crippen molar-refractivity contribution in [2.75, 3.05) is 0 Å². The average molecular weight is 345 g/mol. The van der Waals surface area contributed by atoms with E-state index < -0.39 is 0 Å². The van der Waals surface area contributed by atoms with Crippen molar-refractivity contribution in [2.45, 2.75) is 97.5 Å². The van der Waals surface area contributed by atoms with Gasteiger partial charge in [0.15, 0.2) is 0 Å². The number of hydrogen-bond acceptors (Lipinski definition) is 2. The van der Waals surface area contributed by atoms with Gasteiger partial charge in [-0.15, -0.1) is 0 Å². The van der Waals surface area contributed by atoms with E-state index in [0.717, 1.165) is 36.8 Å². The number of fused-ring (bicyclic) bond motifs is 3. The number of benzene rings is 1. The molecule has 25 heavy (non-hydrogen) atoms. The highest BCUT2D eigenvalue weighted by Gasteiger charge is 2.54. The Morgan fingerprint density at radius 2 is 1.88 bits per heavy atom. The van der Waals surface area contributed by atoms with Crippen molar-refractivity contribution < 1.29 is 10.2 Å². The minimum absolute atomic E-state index is 0.109. The average Bonchev–Trinajstić information content (AvgIpc) is 2.47. The van der Waals surface area contributed by atoms with Gasteiger partial charge in [-0.3, -0.25) is 0 Å². The van der Waals surface area contributed by atoms with E-state index in [9.17, 15) is 10.2 Å². The summed E-state index contributed by atoms with van der Waals surface area (Å²) < 4.78 is 0. The van der Waals surface area contributed by atoms with Crippen LogP contribution in [-0.2, 0) is 18.3 Å². The van der Waals surface area contributed by atoms with E-state index in [4.69, 9.17) is 0 Å². The molecule has 0 radical (unpaired) electrons. The summed E-state index contributed by atoms with van der Waals surface area (Å²) in [6.45, 7) is 13.5. The molecule has 140 valence electrons. The van der Waals surface area contributed by atoms with E-state index in [2.05, 4.69) is 47.6 Å². The van der Waals surface area contributed by atoms with Crippen LogP contribution in [0, 0.1) is 11.3 Å². The molecule has 3 atom stereocenters. The van der Waals surface area contributed by atoms with Crippen molar-refractivity contribution in [2.24, 2.45) is 11.3 Å². The molecule has 1 aromatic carbocycles. The predicted octanol–water partition coefficient (Wildman–Crippen LogP) is 5.47. The normalized spacial score (nSPS) is 30.9. The summed E-state index contributed by atoms with van der Waals surface area (Å²) in [7, 11) is 0. The molecule has 0 bridgehead atoms. The fourth-order valence-electron chi connectivity index (χ4n) is 6.27. The highest BCUT2D eigenvalue weighted by Crippen LogP contribution is 2.59. The van der Waals surface area contributed by atoms with Gasteiger partial charge in [-0.25, -0.2) is 0 Å². The fourth-order valence-corrected chi connectivity index (χ4v) is 6.27. The first-order chi connectivity index (χ1) is 11.6. The minimum Gasteiger partial charge on any atom is -0.507 e. The molecule has 2 heteroatoms. The molecule has 2 aliphatic carbocycles. The molecule has 0 heterocycles. The first kappa shape index (κ1) is 18.8. The third-order valence-corrected chi connectivity index (χ3v) is 7.07. The number of rotatable bonds is 3. The molecule has 1 aromatic rings. The SMILES string of the molecule is CCCc1c(C(C)C)cc2c(c1O)[C@@]1(C)CCCC(C)(C)C1[C@@H](O)C2. The van der Waals surface area contributed by atoms with E-state index in [-0.39, 0.29) is 22.9 Å². The molecular weight excluding hydrogens is 308 g/mol. The van der Waals surface area contributed by atoms with Crippen LogP contribution in [0.5, 0.6) is 5.75 Å². The van der Waals surface area contributed by atoms with E-state index in [0.29, 0.717) is 18.1 Å². The Kier molecular flexibility index (Phi) is 4.73. The van der Waals surface area contributed by atoms with Gasteiger partial charge in [0.1, 0.15) is 5.75 Å². The lowest BCUT2D eigenvalue weighted by Crippen LogP contribution is -2.54. The van der Waals surface area contributed by atoms with E-state index in [1.807, 2.05) is 0 Å². The number of aliphatic hydroxyl groups excluding tert-OH is 1. The van der Waals surface area contributed by atoms with Crippen LogP contribution in [-0.4, -0.2) is 16.3 Å². The Hall–Kier alpha value is -1.02. The van der Waals surface area contributed by atoms with Crippen molar-refractivity contribution in [1.29, 1.82) is 0 Å². The molecule has 2 nitrogen and oxygen atoms in total. The number of hydrogen-bond donors (Lipinski definition) is 2. The maximum atomic E-state index is 11.4. The Bertz CT molecular complexity index is 659. The lowest BCUT2D eigenvalue weighted by atomic mass is 9.49. The second kappa shape index (κ2) is 6.30. The van der Waals surface area contributed by atoms with Crippen molar-refractivity contribution in [1.82, 2.24) is 0 Å². The first-order valence-corrected chi connectivity index (χ1v) is 10.2. The van der Waals surface area contributed by atoms with E-state index in [1.54, 1.807) is 0 Å². The topological polar surface area (TPSA) is 40.5 Å². The van der Waals surface area contributed by atoms with Gasteiger partial charge in [0.2, 0.25) is 0 Å². The van der Waals surface area contributed by atoms with Crippen molar-refractivity contribution in [3.63, 3.8) is 0 Å². The molecule has 2 aliphatic rings. The van der Waals surface area contributed by atoms with Crippen LogP contribution in [0.15, 0.2) is 6.07 Å². The van der Waals surface area contributed by atoms with Gasteiger partial charge in [0.05, 0.1) is 6.10 Å². The van der Waals surface area contributed by atoms with Crippen LogP contribution in [0.1, 0.15) is 95.4 Å². The second-order valence-electron chi connectivity index (χ2n) is 9.74. The number of phenols is 1. The highest BCUT2D eigenvalue weighted by atomic mass is 16.3. The van der Waals surface area contributed by atoms with Gasteiger partial charge in [0.25, 0.3) is 0 Å². The fraction of sp³-hybridized carbons (Fsp3) is 0.739. The monoisotopic (exact) mass is 344 g/mol. The summed E-state index contributed by atoms with van der Waals surface area (Å²) in [5.41, 5.74) is 4.74. The molecule has 1 fully saturated rings. The van der Waals surface area contributed by atoms with Crippen LogP contribution < -0.4 is 0 Å². The molecule has 0 aliphatic heterocycles. The van der Waals surface area contributed by atoms with Crippen LogP contribution in [0.4, 0.5) is 0 Å². The molecule has 1 saturated carbocycles. The standard InChI is InChI=1S/C23H36O2/c1-7-9-16-17(14(2)3)12-15-13-18(24)21-22(4,5)10-8-11-23(21,6)19(15)20(16)25/h12,14,18,21,24-25H,7-11,13H2,1-6H3/t18-,21?,23+/m0/s1. The molecule has 0 saturated heterocycles. The Morgan fingerprint density at radius 3 is 2.48 bits per heavy atom. The van der Waals surface area contributed by atoms with Crippen molar-refractivity contribution in [3.8, 4) is 5.75 Å². The Balaban J connectivity index is 2.25. The van der Waals surface area contributed by atoms with Crippen LogP contribution in [0.2, 0.25) is 0 Å². The number of aliphatic hydroxyl groups is 1. The largest absolute Gasteiger partial charge is 0.507 e. The molecule has 0 aromatic heterocycles. The maximum Gasteiger partial charge on any atom is 0.123 e. The number of phenolic OH excluding ortho intramolecular Hbond substituents is 1. The Labute approximate surface area is 153 Å². The third-order valence-electron chi connectivity index (χ3n) is 7.07. The summed E-state index contributed by atoms with van der Waals surface area (Å²) in [4.78, 5) is 0. The van der Waals surface area contributed by atoms with Crippen molar-refractivity contribution >= 4 is 0 Å². The van der Waals surface area contributed by atoms with E-state index in [1.165, 1.54) is 17.5 Å². The lowest BCUT2D eigenvalue weighted by molar-refractivity contribution is -0.0542. The van der Waals surface area contributed by atoms with Crippen LogP contribution in [0.3, 0.4) is 0 Å². The van der Waals surface area contributed by atoms with E-state index >= 15 is 0 Å². The van der Waals surface area contributed by atoms with Gasteiger partial charge in [-0.1, -0.05) is 60.5 Å². The summed E-state index contributed by atoms with van der Waals surface area (Å²) in [5, 5.41) is 22.4. The van der Waals surface area contributed by atoms with Gasteiger partial charge in [-0.2, -0.15) is 0 Å². The first-order valence-electron chi connectivity index (χ1n) is 10.2. The molecule has 1 unspecified atom stereocenters. The summed E-state index contributed by atoms with van der Waals surface area (Å²) in [6, 6.07) is 2.30. The third kappa shape index (κ3) is 2.81. The molecule has 3 rings (SSSR count). The molecule has 0 spiro atoms. The van der Waals surface area contributed by atoms with Gasteiger partial charge >= 0.3 is 0 Å². The summed E-state index contributed by atoms with van der Waals surface area (Å²) in [6.07, 6.45) is 5.72. The Morgan fingerprint density at radius 1 is 1.20 bits per heavy atom. The zero-order chi connectivity index (χ0) is 18.6. The smallest absolute Gasteiger partial charge is 0.123 e. The minimum atomic E-state index is -0.316. The highest BCUT2D eigenvalue weighted by molar-refractivity contribution is 5.56. The maximum absolute atomic E-state index is 11.4. The quantitative estimate of drug-likeness (QED) is 0.763. The summed E-state index contributed by atoms with van der Waals surface area (Å²) >= 11 is 0. The zero-order valence-corrected chi connectivity index (χ0v) is 16.9. The van der Waals surface area contributed by atoms with Gasteiger partial charge in [-0.05, 0) is 59.6 Å². The van der Waals surface area contributed by atoms with Crippen LogP contribution in [0.25, 0.3) is 0 Å². The molecule has 0 amide bonds. The second-order valence-corrected chi connectivity index (χ2v) is 9.74. The number of aromatic hydroxyl groups is 1. The lowest BCUT2D eigenvalue weighted by Gasteiger charge is -2.56. The molecule has 2 N–H and O–H groups in total.